The van der Waals surface area contributed by atoms with Crippen molar-refractivity contribution in [3.63, 3.8) is 0 Å². The molecule has 5 heteroatoms. The summed E-state index contributed by atoms with van der Waals surface area (Å²) in [5, 5.41) is 12.2. The van der Waals surface area contributed by atoms with Crippen LogP contribution in [0.4, 0.5) is 0 Å². The fraction of sp³-hybridized carbons (Fsp3) is 0.500. The molecular formula is C14H20BrNO3. The molecule has 1 rings (SSSR count). The van der Waals surface area contributed by atoms with Crippen LogP contribution in [-0.4, -0.2) is 24.2 Å². The summed E-state index contributed by atoms with van der Waals surface area (Å²) in [6.07, 6.45) is 2.54. The lowest BCUT2D eigenvalue weighted by Crippen LogP contribution is -2.36. The van der Waals surface area contributed by atoms with Crippen molar-refractivity contribution in [3.8, 4) is 5.75 Å². The minimum absolute atomic E-state index is 0.475. The molecular weight excluding hydrogens is 310 g/mol. The molecule has 0 saturated heterocycles. The Hall–Kier alpha value is -1.07. The van der Waals surface area contributed by atoms with Gasteiger partial charge in [-0.2, -0.15) is 0 Å². The molecule has 0 bridgehead atoms. The quantitative estimate of drug-likeness (QED) is 0.769. The van der Waals surface area contributed by atoms with Gasteiger partial charge in [-0.05, 0) is 28.4 Å². The second-order valence-electron chi connectivity index (χ2n) is 4.35. The Labute approximate surface area is 122 Å². The summed E-state index contributed by atoms with van der Waals surface area (Å²) in [7, 11) is 1.61. The van der Waals surface area contributed by atoms with E-state index < -0.39 is 12.0 Å². The average Bonchev–Trinajstić information content (AvgIpc) is 2.38. The molecule has 0 saturated carbocycles. The van der Waals surface area contributed by atoms with Crippen molar-refractivity contribution in [3.05, 3.63) is 28.2 Å². The van der Waals surface area contributed by atoms with Crippen LogP contribution >= 0.6 is 15.9 Å². The number of benzene rings is 1. The smallest absolute Gasteiger partial charge is 0.320 e. The highest BCUT2D eigenvalue weighted by Gasteiger charge is 2.17. The van der Waals surface area contributed by atoms with Crippen molar-refractivity contribution in [2.24, 2.45) is 0 Å². The molecule has 106 valence electrons. The minimum Gasteiger partial charge on any atom is -0.495 e. The van der Waals surface area contributed by atoms with Crippen LogP contribution in [0.15, 0.2) is 22.7 Å². The van der Waals surface area contributed by atoms with Gasteiger partial charge in [0.2, 0.25) is 0 Å². The normalized spacial score (nSPS) is 12.2. The topological polar surface area (TPSA) is 58.6 Å². The first-order valence-electron chi connectivity index (χ1n) is 6.37. The highest BCUT2D eigenvalue weighted by Crippen LogP contribution is 2.28. The van der Waals surface area contributed by atoms with Crippen LogP contribution in [0, 0.1) is 0 Å². The van der Waals surface area contributed by atoms with E-state index in [1.807, 2.05) is 18.2 Å². The van der Waals surface area contributed by atoms with Gasteiger partial charge >= 0.3 is 5.97 Å². The van der Waals surface area contributed by atoms with E-state index in [-0.39, 0.29) is 0 Å². The Morgan fingerprint density at radius 3 is 2.84 bits per heavy atom. The maximum absolute atomic E-state index is 11.1. The van der Waals surface area contributed by atoms with Crippen LogP contribution in [-0.2, 0) is 11.3 Å². The number of hydrogen-bond acceptors (Lipinski definition) is 3. The highest BCUT2D eigenvalue weighted by atomic mass is 79.9. The molecule has 2 N–H and O–H groups in total. The van der Waals surface area contributed by atoms with Gasteiger partial charge in [0.25, 0.3) is 0 Å². The zero-order valence-electron chi connectivity index (χ0n) is 11.3. The molecule has 0 heterocycles. The van der Waals surface area contributed by atoms with Gasteiger partial charge in [-0.3, -0.25) is 4.79 Å². The van der Waals surface area contributed by atoms with Crippen molar-refractivity contribution >= 4 is 21.9 Å². The van der Waals surface area contributed by atoms with Crippen LogP contribution < -0.4 is 10.1 Å². The third-order valence-electron chi connectivity index (χ3n) is 2.94. The largest absolute Gasteiger partial charge is 0.495 e. The molecule has 0 aromatic heterocycles. The second kappa shape index (κ2) is 8.17. The molecule has 0 fully saturated rings. The van der Waals surface area contributed by atoms with Crippen molar-refractivity contribution in [1.82, 2.24) is 5.32 Å². The van der Waals surface area contributed by atoms with Crippen LogP contribution in [0.5, 0.6) is 5.75 Å². The summed E-state index contributed by atoms with van der Waals surface area (Å²) in [6, 6.07) is 5.22. The SMILES string of the molecule is CCCC[C@H](NCc1cccc(Br)c1OC)C(=O)O. The number of hydrogen-bond donors (Lipinski definition) is 2. The summed E-state index contributed by atoms with van der Waals surface area (Å²) < 4.78 is 6.19. The highest BCUT2D eigenvalue weighted by molar-refractivity contribution is 9.10. The number of para-hydroxylation sites is 1. The number of carbonyl (C=O) groups is 1. The summed E-state index contributed by atoms with van der Waals surface area (Å²) in [4.78, 5) is 11.1. The fourth-order valence-electron chi connectivity index (χ4n) is 1.88. The van der Waals surface area contributed by atoms with Crippen LogP contribution in [0.2, 0.25) is 0 Å². The van der Waals surface area contributed by atoms with E-state index in [9.17, 15) is 4.79 Å². The molecule has 0 aliphatic rings. The Morgan fingerprint density at radius 2 is 2.26 bits per heavy atom. The van der Waals surface area contributed by atoms with E-state index in [1.54, 1.807) is 7.11 Å². The number of aliphatic carboxylic acids is 1. The van der Waals surface area contributed by atoms with Crippen molar-refractivity contribution in [2.45, 2.75) is 38.8 Å². The summed E-state index contributed by atoms with van der Waals surface area (Å²) >= 11 is 3.42. The minimum atomic E-state index is -0.803. The predicted molar refractivity (Wildman–Crippen MR) is 78.5 cm³/mol. The number of carboxylic acids is 1. The van der Waals surface area contributed by atoms with Crippen LogP contribution in [0.1, 0.15) is 31.7 Å². The number of unbranched alkanes of at least 4 members (excludes halogenated alkanes) is 1. The van der Waals surface area contributed by atoms with Gasteiger partial charge in [0.15, 0.2) is 0 Å². The van der Waals surface area contributed by atoms with Gasteiger partial charge in [0.1, 0.15) is 11.8 Å². The maximum atomic E-state index is 11.1. The number of halogens is 1. The van der Waals surface area contributed by atoms with Gasteiger partial charge in [0.05, 0.1) is 11.6 Å². The maximum Gasteiger partial charge on any atom is 0.320 e. The number of carboxylic acid groups (broad SMARTS) is 1. The van der Waals surface area contributed by atoms with E-state index in [2.05, 4.69) is 28.2 Å². The van der Waals surface area contributed by atoms with Crippen molar-refractivity contribution in [1.29, 1.82) is 0 Å². The Bertz CT molecular complexity index is 423. The molecule has 0 radical (unpaired) electrons. The number of ether oxygens (including phenoxy) is 1. The molecule has 0 aliphatic carbocycles. The Morgan fingerprint density at radius 1 is 1.53 bits per heavy atom. The number of methoxy groups -OCH3 is 1. The molecule has 0 aliphatic heterocycles. The Kier molecular flexibility index (Phi) is 6.87. The van der Waals surface area contributed by atoms with Gasteiger partial charge in [0, 0.05) is 12.1 Å². The number of rotatable bonds is 8. The van der Waals surface area contributed by atoms with Crippen LogP contribution in [0.3, 0.4) is 0 Å². The van der Waals surface area contributed by atoms with Gasteiger partial charge in [-0.25, -0.2) is 0 Å². The number of nitrogens with one attached hydrogen (secondary N) is 1. The van der Waals surface area contributed by atoms with Crippen molar-refractivity contribution < 1.29 is 14.6 Å². The predicted octanol–water partition coefficient (Wildman–Crippen LogP) is 3.19. The van der Waals surface area contributed by atoms with E-state index in [1.165, 1.54) is 0 Å². The van der Waals surface area contributed by atoms with Gasteiger partial charge in [-0.15, -0.1) is 0 Å². The van der Waals surface area contributed by atoms with E-state index in [0.717, 1.165) is 28.6 Å². The van der Waals surface area contributed by atoms with E-state index in [4.69, 9.17) is 9.84 Å². The molecule has 0 amide bonds. The Balaban J connectivity index is 2.68. The van der Waals surface area contributed by atoms with E-state index >= 15 is 0 Å². The van der Waals surface area contributed by atoms with Gasteiger partial charge in [-0.1, -0.05) is 31.9 Å². The molecule has 1 aromatic rings. The second-order valence-corrected chi connectivity index (χ2v) is 5.20. The molecule has 0 spiro atoms. The monoisotopic (exact) mass is 329 g/mol. The first kappa shape index (κ1) is 16.0. The lowest BCUT2D eigenvalue weighted by atomic mass is 10.1. The lowest BCUT2D eigenvalue weighted by Gasteiger charge is -2.16. The van der Waals surface area contributed by atoms with Gasteiger partial charge < -0.3 is 15.2 Å². The molecule has 0 unspecified atom stereocenters. The third kappa shape index (κ3) is 4.84. The third-order valence-corrected chi connectivity index (χ3v) is 3.56. The molecule has 19 heavy (non-hydrogen) atoms. The molecule has 1 atom stereocenters. The standard InChI is InChI=1S/C14H20BrNO3/c1-3-4-8-12(14(17)18)16-9-10-6-5-7-11(15)13(10)19-2/h5-7,12,16H,3-4,8-9H2,1-2H3,(H,17,18)/t12-/m0/s1. The van der Waals surface area contributed by atoms with E-state index in [0.29, 0.717) is 13.0 Å². The summed E-state index contributed by atoms with van der Waals surface area (Å²) in [5.41, 5.74) is 0.944. The summed E-state index contributed by atoms with van der Waals surface area (Å²) in [5.74, 6) is -0.0583. The van der Waals surface area contributed by atoms with Crippen molar-refractivity contribution in [2.75, 3.05) is 7.11 Å². The molecule has 4 nitrogen and oxygen atoms in total. The molecule has 1 aromatic carbocycles. The fourth-order valence-corrected chi connectivity index (χ4v) is 2.44. The first-order valence-corrected chi connectivity index (χ1v) is 7.17. The van der Waals surface area contributed by atoms with Crippen LogP contribution in [0.25, 0.3) is 0 Å². The lowest BCUT2D eigenvalue weighted by molar-refractivity contribution is -0.139. The average molecular weight is 330 g/mol. The zero-order chi connectivity index (χ0) is 14.3. The zero-order valence-corrected chi connectivity index (χ0v) is 12.9. The first-order chi connectivity index (χ1) is 9.10. The summed E-state index contributed by atoms with van der Waals surface area (Å²) in [6.45, 7) is 2.53.